The molecule has 0 radical (unpaired) electrons. The fraction of sp³-hybridized carbons (Fsp3) is 0.257. The topological polar surface area (TPSA) is 105 Å². The van der Waals surface area contributed by atoms with Crippen LogP contribution in [0.25, 0.3) is 6.08 Å². The monoisotopic (exact) mass is 626 g/mol. The standard InChI is InChI=1S/C35H34N2O7S/c1-21(2)19-44-34(40)30-22(3)36-35-37(31(30)25-12-14-26(15-13-25)33(39)42-5)32(38)29(45-35)18-24-11-16-27(28(17-24)41-4)43-20-23-9-7-6-8-10-23/h6-18,21,31H,19-20H2,1-5H3. The molecule has 1 aromatic heterocycles. The highest BCUT2D eigenvalue weighted by molar-refractivity contribution is 7.07. The molecule has 0 N–H and O–H groups in total. The zero-order valence-electron chi connectivity index (χ0n) is 25.7. The van der Waals surface area contributed by atoms with Gasteiger partial charge in [0.2, 0.25) is 0 Å². The number of ether oxygens (including phenoxy) is 4. The Labute approximate surface area is 264 Å². The second kappa shape index (κ2) is 13.8. The normalized spacial score (nSPS) is 14.5. The summed E-state index contributed by atoms with van der Waals surface area (Å²) < 4.78 is 24.0. The summed E-state index contributed by atoms with van der Waals surface area (Å²) in [6.07, 6.45) is 1.76. The number of thiazole rings is 1. The number of benzene rings is 3. The van der Waals surface area contributed by atoms with Gasteiger partial charge >= 0.3 is 11.9 Å². The summed E-state index contributed by atoms with van der Waals surface area (Å²) in [5.41, 5.74) is 3.15. The van der Waals surface area contributed by atoms with Gasteiger partial charge in [-0.2, -0.15) is 0 Å². The molecular weight excluding hydrogens is 592 g/mol. The van der Waals surface area contributed by atoms with Gasteiger partial charge in [-0.1, -0.05) is 73.7 Å². The van der Waals surface area contributed by atoms with Gasteiger partial charge in [0.1, 0.15) is 6.61 Å². The van der Waals surface area contributed by atoms with E-state index in [1.165, 1.54) is 23.0 Å². The van der Waals surface area contributed by atoms with Crippen molar-refractivity contribution in [3.8, 4) is 11.5 Å². The number of allylic oxidation sites excluding steroid dienone is 1. The molecule has 1 aliphatic rings. The molecular formula is C35H34N2O7S. The van der Waals surface area contributed by atoms with E-state index in [1.807, 2.05) is 62.4 Å². The van der Waals surface area contributed by atoms with Crippen LogP contribution in [0.4, 0.5) is 0 Å². The van der Waals surface area contributed by atoms with Crippen LogP contribution in [0.2, 0.25) is 0 Å². The number of nitrogens with zero attached hydrogens (tertiary/aromatic N) is 2. The van der Waals surface area contributed by atoms with Gasteiger partial charge in [-0.15, -0.1) is 0 Å². The van der Waals surface area contributed by atoms with E-state index in [1.54, 1.807) is 44.4 Å². The highest BCUT2D eigenvalue weighted by atomic mass is 32.1. The minimum atomic E-state index is -0.807. The van der Waals surface area contributed by atoms with Crippen molar-refractivity contribution in [2.45, 2.75) is 33.4 Å². The smallest absolute Gasteiger partial charge is 0.338 e. The molecule has 0 bridgehead atoms. The minimum Gasteiger partial charge on any atom is -0.493 e. The maximum Gasteiger partial charge on any atom is 0.338 e. The number of fused-ring (bicyclic) bond motifs is 1. The molecule has 1 atom stereocenters. The Bertz CT molecular complexity index is 1920. The van der Waals surface area contributed by atoms with E-state index in [0.29, 0.717) is 44.3 Å². The molecule has 10 heteroatoms. The number of esters is 2. The fourth-order valence-corrected chi connectivity index (χ4v) is 5.96. The van der Waals surface area contributed by atoms with Crippen molar-refractivity contribution in [2.24, 2.45) is 10.9 Å². The minimum absolute atomic E-state index is 0.126. The van der Waals surface area contributed by atoms with Gasteiger partial charge < -0.3 is 18.9 Å². The zero-order chi connectivity index (χ0) is 32.1. The molecule has 0 saturated carbocycles. The number of aromatic nitrogens is 1. The van der Waals surface area contributed by atoms with Crippen LogP contribution in [-0.2, 0) is 20.9 Å². The lowest BCUT2D eigenvalue weighted by atomic mass is 9.95. The summed E-state index contributed by atoms with van der Waals surface area (Å²) in [4.78, 5) is 44.6. The lowest BCUT2D eigenvalue weighted by Gasteiger charge is -2.25. The molecule has 4 aromatic rings. The number of hydrogen-bond donors (Lipinski definition) is 0. The third-order valence-corrected chi connectivity index (χ3v) is 8.14. The number of rotatable bonds is 10. The molecule has 1 unspecified atom stereocenters. The molecule has 5 rings (SSSR count). The SMILES string of the molecule is COC(=O)c1ccc(C2C(C(=O)OCC(C)C)=C(C)N=c3sc(=Cc4ccc(OCc5ccccc5)c(OC)c4)c(=O)n32)cc1. The van der Waals surface area contributed by atoms with Crippen LogP contribution in [0, 0.1) is 5.92 Å². The Morgan fingerprint density at radius 3 is 2.38 bits per heavy atom. The quantitative estimate of drug-likeness (QED) is 0.233. The van der Waals surface area contributed by atoms with E-state index < -0.39 is 18.0 Å². The third kappa shape index (κ3) is 6.91. The molecule has 45 heavy (non-hydrogen) atoms. The van der Waals surface area contributed by atoms with Crippen LogP contribution >= 0.6 is 11.3 Å². The molecule has 0 fully saturated rings. The van der Waals surface area contributed by atoms with Crippen LogP contribution in [0.15, 0.2) is 93.9 Å². The van der Waals surface area contributed by atoms with Crippen molar-refractivity contribution in [1.29, 1.82) is 0 Å². The van der Waals surface area contributed by atoms with Crippen molar-refractivity contribution in [1.82, 2.24) is 4.57 Å². The lowest BCUT2D eigenvalue weighted by Crippen LogP contribution is -2.40. The van der Waals surface area contributed by atoms with Gasteiger partial charge in [0, 0.05) is 0 Å². The first-order valence-corrected chi connectivity index (χ1v) is 15.2. The summed E-state index contributed by atoms with van der Waals surface area (Å²) in [7, 11) is 2.88. The van der Waals surface area contributed by atoms with Crippen LogP contribution in [-0.4, -0.2) is 37.3 Å². The first-order valence-electron chi connectivity index (χ1n) is 14.4. The van der Waals surface area contributed by atoms with Crippen molar-refractivity contribution in [3.05, 3.63) is 126 Å². The van der Waals surface area contributed by atoms with Crippen LogP contribution in [0.3, 0.4) is 0 Å². The van der Waals surface area contributed by atoms with Crippen LogP contribution < -0.4 is 24.4 Å². The average Bonchev–Trinajstić information content (AvgIpc) is 3.35. The third-order valence-electron chi connectivity index (χ3n) is 7.16. The predicted octanol–water partition coefficient (Wildman–Crippen LogP) is 4.81. The first kappa shape index (κ1) is 31.5. The highest BCUT2D eigenvalue weighted by Crippen LogP contribution is 2.32. The molecule has 3 aromatic carbocycles. The Morgan fingerprint density at radius 1 is 0.978 bits per heavy atom. The summed E-state index contributed by atoms with van der Waals surface area (Å²) in [5, 5.41) is 0. The Morgan fingerprint density at radius 2 is 1.71 bits per heavy atom. The maximum absolute atomic E-state index is 14.0. The summed E-state index contributed by atoms with van der Waals surface area (Å²) in [6.45, 7) is 6.24. The maximum atomic E-state index is 14.0. The fourth-order valence-electron chi connectivity index (χ4n) is 4.92. The first-order chi connectivity index (χ1) is 21.7. The lowest BCUT2D eigenvalue weighted by molar-refractivity contribution is -0.140. The van der Waals surface area contributed by atoms with Gasteiger partial charge in [0.15, 0.2) is 16.3 Å². The zero-order valence-corrected chi connectivity index (χ0v) is 26.6. The number of methoxy groups -OCH3 is 2. The predicted molar refractivity (Wildman–Crippen MR) is 171 cm³/mol. The van der Waals surface area contributed by atoms with Crippen LogP contribution in [0.1, 0.15) is 53.9 Å². The van der Waals surface area contributed by atoms with Crippen molar-refractivity contribution < 1.29 is 28.5 Å². The highest BCUT2D eigenvalue weighted by Gasteiger charge is 2.33. The van der Waals surface area contributed by atoms with Gasteiger partial charge in [-0.3, -0.25) is 9.36 Å². The Kier molecular flexibility index (Phi) is 9.63. The molecule has 1 aliphatic heterocycles. The van der Waals surface area contributed by atoms with Gasteiger partial charge in [-0.25, -0.2) is 14.6 Å². The van der Waals surface area contributed by atoms with E-state index in [-0.39, 0.29) is 23.7 Å². The van der Waals surface area contributed by atoms with E-state index in [2.05, 4.69) is 4.99 Å². The van der Waals surface area contributed by atoms with Gasteiger partial charge in [0.25, 0.3) is 5.56 Å². The van der Waals surface area contributed by atoms with E-state index in [4.69, 9.17) is 18.9 Å². The van der Waals surface area contributed by atoms with Crippen LogP contribution in [0.5, 0.6) is 11.5 Å². The van der Waals surface area contributed by atoms with Crippen molar-refractivity contribution in [3.63, 3.8) is 0 Å². The van der Waals surface area contributed by atoms with Crippen molar-refractivity contribution >= 4 is 29.4 Å². The van der Waals surface area contributed by atoms with E-state index >= 15 is 0 Å². The molecule has 2 heterocycles. The largest absolute Gasteiger partial charge is 0.493 e. The molecule has 0 saturated heterocycles. The molecule has 9 nitrogen and oxygen atoms in total. The molecule has 0 amide bonds. The molecule has 232 valence electrons. The van der Waals surface area contributed by atoms with E-state index in [9.17, 15) is 14.4 Å². The summed E-state index contributed by atoms with van der Waals surface area (Å²) >= 11 is 1.22. The Hall–Kier alpha value is -4.96. The number of carbonyl (C=O) groups is 2. The molecule has 0 spiro atoms. The van der Waals surface area contributed by atoms with Gasteiger partial charge in [-0.05, 0) is 59.9 Å². The number of carbonyl (C=O) groups excluding carboxylic acids is 2. The van der Waals surface area contributed by atoms with Gasteiger partial charge in [0.05, 0.1) is 48.2 Å². The average molecular weight is 627 g/mol. The summed E-state index contributed by atoms with van der Waals surface area (Å²) in [6, 6.07) is 21.1. The summed E-state index contributed by atoms with van der Waals surface area (Å²) in [5.74, 6) is 0.205. The molecule has 0 aliphatic carbocycles. The van der Waals surface area contributed by atoms with Crippen molar-refractivity contribution in [2.75, 3.05) is 20.8 Å². The van der Waals surface area contributed by atoms with E-state index in [0.717, 1.165) is 11.1 Å². The number of hydrogen-bond acceptors (Lipinski definition) is 9. The second-order valence-electron chi connectivity index (χ2n) is 10.9. The second-order valence-corrected chi connectivity index (χ2v) is 11.9. The Balaban J connectivity index is 1.55.